The zero-order valence-electron chi connectivity index (χ0n) is 20.2. The summed E-state index contributed by atoms with van der Waals surface area (Å²) in [4.78, 5) is 32.0. The van der Waals surface area contributed by atoms with E-state index in [1.807, 2.05) is 64.1 Å². The number of carbonyl (C=O) groups excluding carboxylic acids is 2. The summed E-state index contributed by atoms with van der Waals surface area (Å²) in [7, 11) is 0. The molecule has 2 aromatic carbocycles. The zero-order chi connectivity index (χ0) is 24.7. The maximum atomic E-state index is 13.5. The fourth-order valence-electron chi connectivity index (χ4n) is 3.56. The number of hydrogen-bond acceptors (Lipinski definition) is 3. The minimum absolute atomic E-state index is 0.0403. The van der Waals surface area contributed by atoms with Gasteiger partial charge in [-0.1, -0.05) is 43.7 Å². The van der Waals surface area contributed by atoms with Gasteiger partial charge < -0.3 is 15.1 Å². The van der Waals surface area contributed by atoms with E-state index in [1.165, 1.54) is 17.0 Å². The summed E-state index contributed by atoms with van der Waals surface area (Å²) in [5.41, 5.74) is 2.63. The zero-order valence-corrected chi connectivity index (χ0v) is 21.0. The maximum absolute atomic E-state index is 13.5. The van der Waals surface area contributed by atoms with Gasteiger partial charge in [-0.25, -0.2) is 9.18 Å². The van der Waals surface area contributed by atoms with Gasteiger partial charge in [0.15, 0.2) is 0 Å². The van der Waals surface area contributed by atoms with Crippen LogP contribution in [-0.4, -0.2) is 34.8 Å². The summed E-state index contributed by atoms with van der Waals surface area (Å²) < 4.78 is 13.4. The van der Waals surface area contributed by atoms with E-state index in [1.54, 1.807) is 33.3 Å². The molecule has 180 valence electrons. The molecule has 0 aliphatic rings. The maximum Gasteiger partial charge on any atom is 0.322 e. The second-order valence-electron chi connectivity index (χ2n) is 8.96. The Hall–Kier alpha value is -3.19. The molecule has 1 aromatic heterocycles. The van der Waals surface area contributed by atoms with E-state index in [4.69, 9.17) is 0 Å². The summed E-state index contributed by atoms with van der Waals surface area (Å²) in [6.45, 7) is 9.23. The van der Waals surface area contributed by atoms with Crippen LogP contribution in [0, 0.1) is 25.6 Å². The summed E-state index contributed by atoms with van der Waals surface area (Å²) in [5.74, 6) is -0.275. The Labute approximate surface area is 205 Å². The molecular formula is C27H32FN3O2S. The Balaban J connectivity index is 1.77. The van der Waals surface area contributed by atoms with Crippen molar-refractivity contribution in [2.24, 2.45) is 5.92 Å². The molecule has 0 bridgehead atoms. The molecule has 0 radical (unpaired) electrons. The first kappa shape index (κ1) is 25.4. The molecule has 0 saturated heterocycles. The van der Waals surface area contributed by atoms with E-state index < -0.39 is 0 Å². The van der Waals surface area contributed by atoms with Crippen LogP contribution < -0.4 is 5.32 Å². The van der Waals surface area contributed by atoms with E-state index in [-0.39, 0.29) is 30.2 Å². The third kappa shape index (κ3) is 7.70. The first-order valence-corrected chi connectivity index (χ1v) is 12.2. The lowest BCUT2D eigenvalue weighted by Crippen LogP contribution is -2.45. The Kier molecular flexibility index (Phi) is 8.82. The highest BCUT2D eigenvalue weighted by molar-refractivity contribution is 7.11. The number of carbonyl (C=O) groups is 2. The van der Waals surface area contributed by atoms with Gasteiger partial charge in [0.25, 0.3) is 0 Å². The molecule has 0 aliphatic heterocycles. The van der Waals surface area contributed by atoms with Gasteiger partial charge >= 0.3 is 6.03 Å². The van der Waals surface area contributed by atoms with Gasteiger partial charge in [-0.3, -0.25) is 4.79 Å². The Morgan fingerprint density at radius 3 is 2.18 bits per heavy atom. The largest absolute Gasteiger partial charge is 0.332 e. The van der Waals surface area contributed by atoms with Crippen LogP contribution in [0.1, 0.15) is 34.7 Å². The van der Waals surface area contributed by atoms with Gasteiger partial charge in [0.2, 0.25) is 5.91 Å². The number of nitrogens with one attached hydrogen (secondary N) is 1. The summed E-state index contributed by atoms with van der Waals surface area (Å²) in [6, 6.07) is 17.5. The topological polar surface area (TPSA) is 52.7 Å². The number of amides is 3. The van der Waals surface area contributed by atoms with Crippen molar-refractivity contribution in [1.29, 1.82) is 0 Å². The van der Waals surface area contributed by atoms with Crippen LogP contribution in [0.25, 0.3) is 0 Å². The molecule has 0 aliphatic carbocycles. The van der Waals surface area contributed by atoms with Crippen LogP contribution in [0.2, 0.25) is 0 Å². The van der Waals surface area contributed by atoms with Gasteiger partial charge in [-0.2, -0.15) is 0 Å². The number of urea groups is 1. The lowest BCUT2D eigenvalue weighted by atomic mass is 10.2. The summed E-state index contributed by atoms with van der Waals surface area (Å²) in [5, 5.41) is 2.90. The van der Waals surface area contributed by atoms with Crippen molar-refractivity contribution in [3.63, 3.8) is 0 Å². The molecule has 3 rings (SSSR count). The smallest absolute Gasteiger partial charge is 0.322 e. The van der Waals surface area contributed by atoms with E-state index in [0.717, 1.165) is 16.0 Å². The Morgan fingerprint density at radius 2 is 1.59 bits per heavy atom. The highest BCUT2D eigenvalue weighted by Gasteiger charge is 2.23. The molecule has 3 amide bonds. The van der Waals surface area contributed by atoms with Crippen LogP contribution >= 0.6 is 11.3 Å². The molecular weight excluding hydrogens is 449 g/mol. The lowest BCUT2D eigenvalue weighted by Gasteiger charge is -2.29. The molecule has 0 atom stereocenters. The van der Waals surface area contributed by atoms with Gasteiger partial charge in [-0.15, -0.1) is 11.3 Å². The molecule has 0 unspecified atom stereocenters. The molecule has 0 spiro atoms. The SMILES string of the molecule is Cc1ccc(NC(=O)N(CC(=O)N(Cc2ccc(F)cc2)Cc2ccc(C)s2)CC(C)C)cc1. The predicted octanol–water partition coefficient (Wildman–Crippen LogP) is 6.22. The Morgan fingerprint density at radius 1 is 0.912 bits per heavy atom. The molecule has 0 fully saturated rings. The number of anilines is 1. The lowest BCUT2D eigenvalue weighted by molar-refractivity contribution is -0.133. The number of aryl methyl sites for hydroxylation is 2. The van der Waals surface area contributed by atoms with Crippen LogP contribution in [0.4, 0.5) is 14.9 Å². The number of hydrogen-bond donors (Lipinski definition) is 1. The van der Waals surface area contributed by atoms with Gasteiger partial charge in [0.1, 0.15) is 12.4 Å². The second kappa shape index (κ2) is 11.8. The second-order valence-corrected chi connectivity index (χ2v) is 10.3. The van der Waals surface area contributed by atoms with Crippen LogP contribution in [0.3, 0.4) is 0 Å². The third-order valence-corrected chi connectivity index (χ3v) is 6.27. The number of rotatable bonds is 9. The van der Waals surface area contributed by atoms with Crippen molar-refractivity contribution in [3.8, 4) is 0 Å². The number of nitrogens with zero attached hydrogens (tertiary/aromatic N) is 2. The first-order chi connectivity index (χ1) is 16.2. The molecule has 34 heavy (non-hydrogen) atoms. The normalized spacial score (nSPS) is 10.9. The number of thiophene rings is 1. The van der Waals surface area contributed by atoms with Gasteiger partial charge in [0, 0.05) is 28.5 Å². The third-order valence-electron chi connectivity index (χ3n) is 5.28. The predicted molar refractivity (Wildman–Crippen MR) is 136 cm³/mol. The highest BCUT2D eigenvalue weighted by atomic mass is 32.1. The molecule has 0 saturated carbocycles. The molecule has 5 nitrogen and oxygen atoms in total. The average Bonchev–Trinajstić information content (AvgIpc) is 3.20. The quantitative estimate of drug-likeness (QED) is 0.394. The summed E-state index contributed by atoms with van der Waals surface area (Å²) >= 11 is 1.64. The average molecular weight is 482 g/mol. The van der Waals surface area contributed by atoms with Crippen molar-refractivity contribution in [2.75, 3.05) is 18.4 Å². The minimum atomic E-state index is -0.314. The van der Waals surface area contributed by atoms with Crippen LogP contribution in [0.15, 0.2) is 60.7 Å². The first-order valence-electron chi connectivity index (χ1n) is 11.4. The van der Waals surface area contributed by atoms with E-state index >= 15 is 0 Å². The van der Waals surface area contributed by atoms with Crippen molar-refractivity contribution in [3.05, 3.63) is 87.4 Å². The minimum Gasteiger partial charge on any atom is -0.332 e. The van der Waals surface area contributed by atoms with E-state index in [9.17, 15) is 14.0 Å². The van der Waals surface area contributed by atoms with Crippen molar-refractivity contribution < 1.29 is 14.0 Å². The van der Waals surface area contributed by atoms with E-state index in [2.05, 4.69) is 5.32 Å². The Bertz CT molecular complexity index is 1090. The van der Waals surface area contributed by atoms with Gasteiger partial charge in [-0.05, 0) is 61.7 Å². The molecule has 1 N–H and O–H groups in total. The van der Waals surface area contributed by atoms with Crippen LogP contribution in [0.5, 0.6) is 0 Å². The van der Waals surface area contributed by atoms with Crippen molar-refractivity contribution in [1.82, 2.24) is 9.80 Å². The number of halogens is 1. The van der Waals surface area contributed by atoms with E-state index in [0.29, 0.717) is 25.3 Å². The monoisotopic (exact) mass is 481 g/mol. The fraction of sp³-hybridized carbons (Fsp3) is 0.333. The molecule has 3 aromatic rings. The van der Waals surface area contributed by atoms with Gasteiger partial charge in [0.05, 0.1) is 6.54 Å². The fourth-order valence-corrected chi connectivity index (χ4v) is 4.47. The molecule has 1 heterocycles. The number of benzene rings is 2. The van der Waals surface area contributed by atoms with Crippen molar-refractivity contribution in [2.45, 2.75) is 40.8 Å². The molecule has 7 heteroatoms. The van der Waals surface area contributed by atoms with Crippen molar-refractivity contribution >= 4 is 29.0 Å². The standard InChI is InChI=1S/C27H32FN3O2S/c1-19(2)15-31(27(33)29-24-12-5-20(3)6-13-24)18-26(32)30(17-25-14-7-21(4)34-25)16-22-8-10-23(28)11-9-22/h5-14,19H,15-18H2,1-4H3,(H,29,33). The summed E-state index contributed by atoms with van der Waals surface area (Å²) in [6.07, 6.45) is 0. The van der Waals surface area contributed by atoms with Crippen LogP contribution in [-0.2, 0) is 17.9 Å². The highest BCUT2D eigenvalue weighted by Crippen LogP contribution is 2.19.